The van der Waals surface area contributed by atoms with Crippen molar-refractivity contribution >= 4 is 29.9 Å². The van der Waals surface area contributed by atoms with Gasteiger partial charge in [0.2, 0.25) is 5.91 Å². The first kappa shape index (κ1) is 18.5. The molecular formula is C16H24ClN3O2. The number of hydrogen-bond donors (Lipinski definition) is 3. The molecule has 0 heterocycles. The fourth-order valence-corrected chi connectivity index (χ4v) is 2.63. The summed E-state index contributed by atoms with van der Waals surface area (Å²) in [4.78, 5) is 24.1. The van der Waals surface area contributed by atoms with E-state index in [1.807, 2.05) is 6.92 Å². The van der Waals surface area contributed by atoms with Crippen LogP contribution in [0.2, 0.25) is 0 Å². The van der Waals surface area contributed by atoms with Gasteiger partial charge in [0.05, 0.1) is 5.92 Å². The fourth-order valence-electron chi connectivity index (χ4n) is 2.63. The number of hydrogen-bond acceptors (Lipinski definition) is 3. The first-order valence-corrected chi connectivity index (χ1v) is 7.56. The van der Waals surface area contributed by atoms with Gasteiger partial charge in [-0.05, 0) is 37.5 Å². The SMILES string of the molecule is CCCNC(=O)c1cccc(NC(=O)C2CCCC2N)c1.Cl. The average Bonchev–Trinajstić information content (AvgIpc) is 2.91. The van der Waals surface area contributed by atoms with Crippen LogP contribution in [0.3, 0.4) is 0 Å². The van der Waals surface area contributed by atoms with E-state index in [9.17, 15) is 9.59 Å². The molecule has 1 aliphatic rings. The van der Waals surface area contributed by atoms with Crippen LogP contribution in [-0.4, -0.2) is 24.4 Å². The summed E-state index contributed by atoms with van der Waals surface area (Å²) in [5.74, 6) is -0.292. The van der Waals surface area contributed by atoms with Crippen LogP contribution in [0.5, 0.6) is 0 Å². The van der Waals surface area contributed by atoms with Crippen LogP contribution in [0.15, 0.2) is 24.3 Å². The number of amides is 2. The first-order chi connectivity index (χ1) is 10.1. The average molecular weight is 326 g/mol. The molecule has 1 fully saturated rings. The van der Waals surface area contributed by atoms with Gasteiger partial charge in [-0.25, -0.2) is 0 Å². The minimum Gasteiger partial charge on any atom is -0.352 e. The molecule has 2 unspecified atom stereocenters. The lowest BCUT2D eigenvalue weighted by atomic mass is 10.0. The van der Waals surface area contributed by atoms with Crippen LogP contribution >= 0.6 is 12.4 Å². The number of anilines is 1. The predicted octanol–water partition coefficient (Wildman–Crippen LogP) is 2.31. The summed E-state index contributed by atoms with van der Waals surface area (Å²) in [7, 11) is 0. The number of carbonyl (C=O) groups excluding carboxylic acids is 2. The first-order valence-electron chi connectivity index (χ1n) is 7.56. The third-order valence-electron chi connectivity index (χ3n) is 3.83. The van der Waals surface area contributed by atoms with E-state index in [0.717, 1.165) is 25.7 Å². The molecule has 0 radical (unpaired) electrons. The van der Waals surface area contributed by atoms with Crippen molar-refractivity contribution in [2.75, 3.05) is 11.9 Å². The lowest BCUT2D eigenvalue weighted by molar-refractivity contribution is -0.120. The monoisotopic (exact) mass is 325 g/mol. The largest absolute Gasteiger partial charge is 0.352 e. The molecule has 1 aromatic rings. The number of halogens is 1. The molecular weight excluding hydrogens is 302 g/mol. The van der Waals surface area contributed by atoms with Gasteiger partial charge in [0.25, 0.3) is 5.91 Å². The van der Waals surface area contributed by atoms with E-state index < -0.39 is 0 Å². The van der Waals surface area contributed by atoms with Crippen LogP contribution in [0.25, 0.3) is 0 Å². The van der Waals surface area contributed by atoms with E-state index in [0.29, 0.717) is 17.8 Å². The normalized spacial score (nSPS) is 20.1. The van der Waals surface area contributed by atoms with Crippen molar-refractivity contribution in [2.24, 2.45) is 11.7 Å². The highest BCUT2D eigenvalue weighted by molar-refractivity contribution is 5.97. The van der Waals surface area contributed by atoms with Crippen LogP contribution in [-0.2, 0) is 4.79 Å². The second-order valence-corrected chi connectivity index (χ2v) is 5.53. The van der Waals surface area contributed by atoms with Crippen molar-refractivity contribution in [1.82, 2.24) is 5.32 Å². The standard InChI is InChI=1S/C16H23N3O2.ClH/c1-2-9-18-15(20)11-5-3-6-12(10-11)19-16(21)13-7-4-8-14(13)17;/h3,5-6,10,13-14H,2,4,7-9,17H2,1H3,(H,18,20)(H,19,21);1H. The Morgan fingerprint density at radius 3 is 2.73 bits per heavy atom. The van der Waals surface area contributed by atoms with Crippen molar-refractivity contribution in [1.29, 1.82) is 0 Å². The molecule has 6 heteroatoms. The minimum atomic E-state index is -0.123. The minimum absolute atomic E-state index is 0. The third-order valence-corrected chi connectivity index (χ3v) is 3.83. The molecule has 0 aromatic heterocycles. The van der Waals surface area contributed by atoms with Gasteiger partial charge < -0.3 is 16.4 Å². The van der Waals surface area contributed by atoms with Gasteiger partial charge in [0.1, 0.15) is 0 Å². The van der Waals surface area contributed by atoms with E-state index >= 15 is 0 Å². The Labute approximate surface area is 137 Å². The summed E-state index contributed by atoms with van der Waals surface area (Å²) in [6, 6.07) is 6.94. The summed E-state index contributed by atoms with van der Waals surface area (Å²) in [5, 5.41) is 5.69. The van der Waals surface area contributed by atoms with Gasteiger partial charge >= 0.3 is 0 Å². The number of carbonyl (C=O) groups is 2. The molecule has 4 N–H and O–H groups in total. The van der Waals surface area contributed by atoms with Crippen LogP contribution in [0.1, 0.15) is 43.0 Å². The molecule has 1 aliphatic carbocycles. The molecule has 122 valence electrons. The summed E-state index contributed by atoms with van der Waals surface area (Å²) in [5.41, 5.74) is 7.14. The van der Waals surface area contributed by atoms with Gasteiger partial charge in [0, 0.05) is 23.8 Å². The molecule has 0 bridgehead atoms. The number of benzene rings is 1. The zero-order valence-corrected chi connectivity index (χ0v) is 13.6. The van der Waals surface area contributed by atoms with Gasteiger partial charge in [-0.2, -0.15) is 0 Å². The lowest BCUT2D eigenvalue weighted by Crippen LogP contribution is -2.34. The molecule has 2 rings (SSSR count). The van der Waals surface area contributed by atoms with Crippen molar-refractivity contribution in [3.8, 4) is 0 Å². The zero-order valence-electron chi connectivity index (χ0n) is 12.8. The molecule has 1 aromatic carbocycles. The van der Waals surface area contributed by atoms with Crippen LogP contribution in [0.4, 0.5) is 5.69 Å². The molecule has 0 aliphatic heterocycles. The highest BCUT2D eigenvalue weighted by atomic mass is 35.5. The van der Waals surface area contributed by atoms with Crippen molar-refractivity contribution in [2.45, 2.75) is 38.6 Å². The molecule has 1 saturated carbocycles. The molecule has 2 amide bonds. The molecule has 5 nitrogen and oxygen atoms in total. The van der Waals surface area contributed by atoms with E-state index in [2.05, 4.69) is 10.6 Å². The quantitative estimate of drug-likeness (QED) is 0.776. The van der Waals surface area contributed by atoms with E-state index in [-0.39, 0.29) is 36.2 Å². The van der Waals surface area contributed by atoms with Gasteiger partial charge in [-0.3, -0.25) is 9.59 Å². The van der Waals surface area contributed by atoms with E-state index in [1.54, 1.807) is 24.3 Å². The predicted molar refractivity (Wildman–Crippen MR) is 90.3 cm³/mol. The highest BCUT2D eigenvalue weighted by Crippen LogP contribution is 2.25. The number of nitrogens with one attached hydrogen (secondary N) is 2. The maximum atomic E-state index is 12.2. The van der Waals surface area contributed by atoms with Crippen molar-refractivity contribution < 1.29 is 9.59 Å². The maximum Gasteiger partial charge on any atom is 0.251 e. The second-order valence-electron chi connectivity index (χ2n) is 5.53. The number of nitrogens with two attached hydrogens (primary N) is 1. The Morgan fingerprint density at radius 1 is 1.32 bits per heavy atom. The topological polar surface area (TPSA) is 84.2 Å². The molecule has 22 heavy (non-hydrogen) atoms. The van der Waals surface area contributed by atoms with Crippen LogP contribution in [0, 0.1) is 5.92 Å². The van der Waals surface area contributed by atoms with Crippen molar-refractivity contribution in [3.05, 3.63) is 29.8 Å². The highest BCUT2D eigenvalue weighted by Gasteiger charge is 2.30. The fraction of sp³-hybridized carbons (Fsp3) is 0.500. The number of rotatable bonds is 5. The summed E-state index contributed by atoms with van der Waals surface area (Å²) in [6.45, 7) is 2.65. The van der Waals surface area contributed by atoms with Crippen LogP contribution < -0.4 is 16.4 Å². The Kier molecular flexibility index (Phi) is 7.35. The molecule has 0 saturated heterocycles. The smallest absolute Gasteiger partial charge is 0.251 e. The Morgan fingerprint density at radius 2 is 2.09 bits per heavy atom. The summed E-state index contributed by atoms with van der Waals surface area (Å²) >= 11 is 0. The lowest BCUT2D eigenvalue weighted by Gasteiger charge is -2.15. The molecule has 2 atom stereocenters. The van der Waals surface area contributed by atoms with Crippen molar-refractivity contribution in [3.63, 3.8) is 0 Å². The van der Waals surface area contributed by atoms with Gasteiger partial charge in [-0.1, -0.05) is 19.4 Å². The second kappa shape index (κ2) is 8.76. The Balaban J connectivity index is 0.00000242. The van der Waals surface area contributed by atoms with E-state index in [4.69, 9.17) is 5.73 Å². The maximum absolute atomic E-state index is 12.2. The summed E-state index contributed by atoms with van der Waals surface area (Å²) < 4.78 is 0. The zero-order chi connectivity index (χ0) is 15.2. The third kappa shape index (κ3) is 4.71. The van der Waals surface area contributed by atoms with Gasteiger partial charge in [-0.15, -0.1) is 12.4 Å². The Hall–Kier alpha value is -1.59. The summed E-state index contributed by atoms with van der Waals surface area (Å²) in [6.07, 6.45) is 3.63. The van der Waals surface area contributed by atoms with E-state index in [1.165, 1.54) is 0 Å². The Bertz CT molecular complexity index is 522. The van der Waals surface area contributed by atoms with Gasteiger partial charge in [0.15, 0.2) is 0 Å². The molecule has 0 spiro atoms.